The Labute approximate surface area is 174 Å². The summed E-state index contributed by atoms with van der Waals surface area (Å²) >= 11 is 0. The molecule has 0 radical (unpaired) electrons. The Morgan fingerprint density at radius 3 is 2.66 bits per heavy atom. The van der Waals surface area contributed by atoms with Crippen LogP contribution in [0.2, 0.25) is 0 Å². The van der Waals surface area contributed by atoms with Crippen molar-refractivity contribution in [2.75, 3.05) is 49.2 Å². The number of aryl methyl sites for hydroxylation is 1. The van der Waals surface area contributed by atoms with Crippen molar-refractivity contribution >= 4 is 17.4 Å². The van der Waals surface area contributed by atoms with Crippen molar-refractivity contribution in [2.24, 2.45) is 5.41 Å². The zero-order valence-electron chi connectivity index (χ0n) is 17.9. The summed E-state index contributed by atoms with van der Waals surface area (Å²) in [6.45, 7) is 10.0. The van der Waals surface area contributed by atoms with E-state index in [2.05, 4.69) is 35.8 Å². The Bertz CT molecular complexity index is 776. The van der Waals surface area contributed by atoms with Crippen LogP contribution in [0.3, 0.4) is 0 Å². The van der Waals surface area contributed by atoms with Gasteiger partial charge >= 0.3 is 0 Å². The number of aromatic nitrogens is 1. The first-order valence-corrected chi connectivity index (χ1v) is 11.5. The molecule has 6 nitrogen and oxygen atoms in total. The van der Waals surface area contributed by atoms with Crippen LogP contribution in [0.25, 0.3) is 0 Å². The lowest BCUT2D eigenvalue weighted by Crippen LogP contribution is -2.39. The first-order valence-electron chi connectivity index (χ1n) is 11.5. The molecule has 29 heavy (non-hydrogen) atoms. The Balaban J connectivity index is 1.29. The van der Waals surface area contributed by atoms with E-state index in [1.807, 2.05) is 4.90 Å². The number of likely N-dealkylation sites (tertiary alicyclic amines) is 1. The van der Waals surface area contributed by atoms with Gasteiger partial charge in [-0.3, -0.25) is 9.69 Å². The molecule has 1 amide bonds. The molecule has 5 heterocycles. The van der Waals surface area contributed by atoms with Crippen molar-refractivity contribution in [3.8, 4) is 0 Å². The summed E-state index contributed by atoms with van der Waals surface area (Å²) in [6.07, 6.45) is 6.55. The monoisotopic (exact) mass is 398 g/mol. The van der Waals surface area contributed by atoms with E-state index in [1.165, 1.54) is 25.8 Å². The highest BCUT2D eigenvalue weighted by molar-refractivity contribution is 6.00. The molecule has 4 fully saturated rings. The molecule has 2 unspecified atom stereocenters. The highest BCUT2D eigenvalue weighted by atomic mass is 16.5. The number of hydrogen-bond donors (Lipinski definition) is 0. The number of amides is 1. The molecule has 6 heteroatoms. The SMILES string of the molecule is Cc1nc(N2CCC(N3CCCC3C)C2)ccc1N1CCC2(CCOCC2)C1=O. The molecule has 5 rings (SSSR count). The molecule has 0 saturated carbocycles. The van der Waals surface area contributed by atoms with Crippen LogP contribution in [-0.2, 0) is 9.53 Å². The fourth-order valence-electron chi connectivity index (χ4n) is 6.00. The summed E-state index contributed by atoms with van der Waals surface area (Å²) in [7, 11) is 0. The smallest absolute Gasteiger partial charge is 0.233 e. The van der Waals surface area contributed by atoms with E-state index >= 15 is 0 Å². The van der Waals surface area contributed by atoms with Gasteiger partial charge in [0.1, 0.15) is 5.82 Å². The largest absolute Gasteiger partial charge is 0.381 e. The fourth-order valence-corrected chi connectivity index (χ4v) is 6.00. The number of carbonyl (C=O) groups excluding carboxylic acids is 1. The number of ether oxygens (including phenoxy) is 1. The van der Waals surface area contributed by atoms with Gasteiger partial charge < -0.3 is 14.5 Å². The van der Waals surface area contributed by atoms with E-state index in [1.54, 1.807) is 0 Å². The van der Waals surface area contributed by atoms with E-state index in [0.717, 1.165) is 62.1 Å². The molecular formula is C23H34N4O2. The summed E-state index contributed by atoms with van der Waals surface area (Å²) in [6, 6.07) is 5.62. The number of pyridine rings is 1. The van der Waals surface area contributed by atoms with Gasteiger partial charge in [0, 0.05) is 44.9 Å². The lowest BCUT2D eigenvalue weighted by Gasteiger charge is -2.31. The van der Waals surface area contributed by atoms with Crippen LogP contribution in [0.15, 0.2) is 12.1 Å². The minimum absolute atomic E-state index is 0.196. The highest BCUT2D eigenvalue weighted by Gasteiger charge is 2.48. The molecule has 2 atom stereocenters. The maximum absolute atomic E-state index is 13.2. The van der Waals surface area contributed by atoms with Gasteiger partial charge in [0.2, 0.25) is 5.91 Å². The summed E-state index contributed by atoms with van der Waals surface area (Å²) < 4.78 is 5.50. The van der Waals surface area contributed by atoms with Crippen LogP contribution in [-0.4, -0.2) is 67.3 Å². The molecule has 158 valence electrons. The Morgan fingerprint density at radius 1 is 1.10 bits per heavy atom. The van der Waals surface area contributed by atoms with Crippen LogP contribution in [0.4, 0.5) is 11.5 Å². The van der Waals surface area contributed by atoms with Gasteiger partial charge in [-0.2, -0.15) is 0 Å². The second kappa shape index (κ2) is 7.55. The van der Waals surface area contributed by atoms with E-state index in [4.69, 9.17) is 9.72 Å². The lowest BCUT2D eigenvalue weighted by atomic mass is 9.79. The molecule has 1 spiro atoms. The summed E-state index contributed by atoms with van der Waals surface area (Å²) in [5, 5.41) is 0. The van der Waals surface area contributed by atoms with Gasteiger partial charge in [-0.1, -0.05) is 0 Å². The normalized spacial score (nSPS) is 30.1. The van der Waals surface area contributed by atoms with Crippen molar-refractivity contribution in [2.45, 2.75) is 64.5 Å². The minimum Gasteiger partial charge on any atom is -0.381 e. The van der Waals surface area contributed by atoms with Crippen LogP contribution >= 0.6 is 0 Å². The first kappa shape index (κ1) is 19.3. The van der Waals surface area contributed by atoms with Gasteiger partial charge in [-0.05, 0) is 71.0 Å². The van der Waals surface area contributed by atoms with E-state index in [9.17, 15) is 4.79 Å². The van der Waals surface area contributed by atoms with Gasteiger partial charge in [0.25, 0.3) is 0 Å². The number of nitrogens with zero attached hydrogens (tertiary/aromatic N) is 4. The molecule has 0 aliphatic carbocycles. The maximum Gasteiger partial charge on any atom is 0.233 e. The molecule has 1 aromatic heterocycles. The van der Waals surface area contributed by atoms with Crippen LogP contribution in [0.5, 0.6) is 0 Å². The van der Waals surface area contributed by atoms with Crippen LogP contribution in [0.1, 0.15) is 51.1 Å². The molecule has 0 bridgehead atoms. The minimum atomic E-state index is -0.196. The number of carbonyl (C=O) groups is 1. The average molecular weight is 399 g/mol. The van der Waals surface area contributed by atoms with Crippen molar-refractivity contribution in [3.63, 3.8) is 0 Å². The Kier molecular flexibility index (Phi) is 5.03. The number of anilines is 2. The molecule has 4 aliphatic rings. The lowest BCUT2D eigenvalue weighted by molar-refractivity contribution is -0.130. The molecule has 0 aromatic carbocycles. The third-order valence-corrected chi connectivity index (χ3v) is 7.86. The summed E-state index contributed by atoms with van der Waals surface area (Å²) in [5.41, 5.74) is 1.77. The Hall–Kier alpha value is -1.66. The van der Waals surface area contributed by atoms with Gasteiger partial charge in [0.05, 0.1) is 16.8 Å². The van der Waals surface area contributed by atoms with Gasteiger partial charge in [0.15, 0.2) is 0 Å². The van der Waals surface area contributed by atoms with Crippen molar-refractivity contribution < 1.29 is 9.53 Å². The maximum atomic E-state index is 13.2. The second-order valence-electron chi connectivity index (χ2n) is 9.49. The van der Waals surface area contributed by atoms with Crippen LogP contribution < -0.4 is 9.80 Å². The molecule has 4 saturated heterocycles. The number of rotatable bonds is 3. The Morgan fingerprint density at radius 2 is 1.93 bits per heavy atom. The van der Waals surface area contributed by atoms with Crippen LogP contribution in [0, 0.1) is 12.3 Å². The highest BCUT2D eigenvalue weighted by Crippen LogP contribution is 2.43. The zero-order chi connectivity index (χ0) is 20.0. The molecular weight excluding hydrogens is 364 g/mol. The zero-order valence-corrected chi connectivity index (χ0v) is 17.9. The second-order valence-corrected chi connectivity index (χ2v) is 9.49. The molecule has 1 aromatic rings. The van der Waals surface area contributed by atoms with Gasteiger partial charge in [-0.25, -0.2) is 4.98 Å². The fraction of sp³-hybridized carbons (Fsp3) is 0.739. The predicted octanol–water partition coefficient (Wildman–Crippen LogP) is 2.99. The predicted molar refractivity (Wildman–Crippen MR) is 114 cm³/mol. The average Bonchev–Trinajstić information content (AvgIpc) is 3.44. The first-order chi connectivity index (χ1) is 14.1. The van der Waals surface area contributed by atoms with Crippen molar-refractivity contribution in [1.82, 2.24) is 9.88 Å². The third-order valence-electron chi connectivity index (χ3n) is 7.86. The summed E-state index contributed by atoms with van der Waals surface area (Å²) in [4.78, 5) is 25.3. The summed E-state index contributed by atoms with van der Waals surface area (Å²) in [5.74, 6) is 1.34. The third kappa shape index (κ3) is 3.34. The van der Waals surface area contributed by atoms with E-state index in [0.29, 0.717) is 19.3 Å². The van der Waals surface area contributed by atoms with E-state index in [-0.39, 0.29) is 11.3 Å². The molecule has 4 aliphatic heterocycles. The topological polar surface area (TPSA) is 48.9 Å². The van der Waals surface area contributed by atoms with Crippen molar-refractivity contribution in [3.05, 3.63) is 17.8 Å². The van der Waals surface area contributed by atoms with E-state index < -0.39 is 0 Å². The number of hydrogen-bond acceptors (Lipinski definition) is 5. The standard InChI is InChI=1S/C23H34N4O2/c1-17-4-3-11-26(17)19-7-12-25(16-19)21-6-5-20(18(2)24-21)27-13-8-23(22(27)28)9-14-29-15-10-23/h5-6,17,19H,3-4,7-16H2,1-2H3. The van der Waals surface area contributed by atoms with Gasteiger partial charge in [-0.15, -0.1) is 0 Å². The van der Waals surface area contributed by atoms with Crippen molar-refractivity contribution in [1.29, 1.82) is 0 Å². The quantitative estimate of drug-likeness (QED) is 0.783. The molecule has 0 N–H and O–H groups in total.